The van der Waals surface area contributed by atoms with Crippen molar-refractivity contribution in [3.8, 4) is 0 Å². The summed E-state index contributed by atoms with van der Waals surface area (Å²) in [5.41, 5.74) is 2.36. The highest BCUT2D eigenvalue weighted by Crippen LogP contribution is 2.18. The van der Waals surface area contributed by atoms with E-state index in [0.717, 1.165) is 56.6 Å². The van der Waals surface area contributed by atoms with Gasteiger partial charge in [0.05, 0.1) is 19.3 Å². The molecule has 1 unspecified atom stereocenters. The lowest BCUT2D eigenvalue weighted by atomic mass is 10.1. The lowest BCUT2D eigenvalue weighted by Crippen LogP contribution is -2.39. The number of nitrogens with one attached hydrogen (secondary N) is 2. The van der Waals surface area contributed by atoms with Gasteiger partial charge in [0, 0.05) is 51.6 Å². The number of benzene rings is 1. The van der Waals surface area contributed by atoms with Crippen LogP contribution in [0.3, 0.4) is 0 Å². The number of anilines is 1. The molecule has 2 N–H and O–H groups in total. The number of hydrogen-bond donors (Lipinski definition) is 2. The van der Waals surface area contributed by atoms with E-state index in [1.54, 1.807) is 7.05 Å². The Balaban J connectivity index is 0.00000341. The van der Waals surface area contributed by atoms with Crippen LogP contribution in [0, 0.1) is 0 Å². The van der Waals surface area contributed by atoms with Crippen LogP contribution in [0.4, 0.5) is 5.82 Å². The number of hydrogen-bond acceptors (Lipinski definition) is 5. The van der Waals surface area contributed by atoms with Gasteiger partial charge in [0.25, 0.3) is 0 Å². The highest BCUT2D eigenvalue weighted by molar-refractivity contribution is 14.0. The average molecular weight is 539 g/mol. The molecule has 0 saturated carbocycles. The van der Waals surface area contributed by atoms with Gasteiger partial charge in [0.2, 0.25) is 0 Å². The number of halogens is 1. The van der Waals surface area contributed by atoms with Crippen LogP contribution in [0.15, 0.2) is 53.7 Å². The maximum Gasteiger partial charge on any atom is 0.191 e. The summed E-state index contributed by atoms with van der Waals surface area (Å²) < 4.78 is 11.4. The highest BCUT2D eigenvalue weighted by atomic mass is 127. The van der Waals surface area contributed by atoms with Crippen molar-refractivity contribution in [2.24, 2.45) is 4.99 Å². The fourth-order valence-corrected chi connectivity index (χ4v) is 3.39. The molecular weight excluding hydrogens is 505 g/mol. The first-order chi connectivity index (χ1) is 14.8. The molecular formula is C23H34IN5O2. The van der Waals surface area contributed by atoms with Crippen molar-refractivity contribution >= 4 is 35.8 Å². The third kappa shape index (κ3) is 8.27. The molecule has 1 aromatic heterocycles. The molecule has 0 bridgehead atoms. The van der Waals surface area contributed by atoms with E-state index < -0.39 is 0 Å². The predicted octanol–water partition coefficient (Wildman–Crippen LogP) is 3.37. The fourth-order valence-electron chi connectivity index (χ4n) is 3.39. The van der Waals surface area contributed by atoms with Crippen molar-refractivity contribution in [3.63, 3.8) is 0 Å². The molecule has 1 aliphatic heterocycles. The Morgan fingerprint density at radius 2 is 1.94 bits per heavy atom. The summed E-state index contributed by atoms with van der Waals surface area (Å²) in [5, 5.41) is 6.75. The average Bonchev–Trinajstić information content (AvgIpc) is 2.82. The molecule has 0 amide bonds. The van der Waals surface area contributed by atoms with Crippen molar-refractivity contribution in [1.82, 2.24) is 15.6 Å². The van der Waals surface area contributed by atoms with E-state index in [2.05, 4.69) is 50.6 Å². The normalized spacial score (nSPS) is 15.2. The van der Waals surface area contributed by atoms with E-state index in [4.69, 9.17) is 9.47 Å². The van der Waals surface area contributed by atoms with Gasteiger partial charge in [0.1, 0.15) is 5.82 Å². The predicted molar refractivity (Wildman–Crippen MR) is 136 cm³/mol. The number of aliphatic imine (C=N–C) groups is 1. The molecule has 1 atom stereocenters. The summed E-state index contributed by atoms with van der Waals surface area (Å²) in [6.07, 6.45) is 2.86. The lowest BCUT2D eigenvalue weighted by Gasteiger charge is -2.29. The molecule has 31 heavy (non-hydrogen) atoms. The quantitative estimate of drug-likeness (QED) is 0.221. The van der Waals surface area contributed by atoms with Crippen LogP contribution in [0.1, 0.15) is 30.6 Å². The van der Waals surface area contributed by atoms with Gasteiger partial charge in [-0.2, -0.15) is 0 Å². The number of nitrogens with zero attached hydrogens (tertiary/aromatic N) is 3. The zero-order valence-electron chi connectivity index (χ0n) is 18.4. The van der Waals surface area contributed by atoms with Crippen LogP contribution in [-0.4, -0.2) is 57.4 Å². The first-order valence-corrected chi connectivity index (χ1v) is 10.7. The third-order valence-corrected chi connectivity index (χ3v) is 5.10. The molecule has 2 heterocycles. The van der Waals surface area contributed by atoms with Gasteiger partial charge in [-0.25, -0.2) is 4.98 Å². The van der Waals surface area contributed by atoms with Crippen molar-refractivity contribution in [2.45, 2.75) is 26.0 Å². The molecule has 1 saturated heterocycles. The van der Waals surface area contributed by atoms with E-state index in [1.165, 1.54) is 5.56 Å². The number of pyridine rings is 1. The summed E-state index contributed by atoms with van der Waals surface area (Å²) in [6, 6.07) is 14.4. The van der Waals surface area contributed by atoms with E-state index >= 15 is 0 Å². The van der Waals surface area contributed by atoms with Crippen molar-refractivity contribution in [3.05, 3.63) is 59.8 Å². The summed E-state index contributed by atoms with van der Waals surface area (Å²) in [5.74, 6) is 1.80. The minimum Gasteiger partial charge on any atom is -0.378 e. The second-order valence-corrected chi connectivity index (χ2v) is 7.22. The van der Waals surface area contributed by atoms with E-state index in [9.17, 15) is 0 Å². The Morgan fingerprint density at radius 1 is 1.16 bits per heavy atom. The minimum absolute atomic E-state index is 0. The van der Waals surface area contributed by atoms with Crippen LogP contribution in [0.25, 0.3) is 0 Å². The first-order valence-electron chi connectivity index (χ1n) is 10.7. The number of rotatable bonds is 9. The summed E-state index contributed by atoms with van der Waals surface area (Å²) in [7, 11) is 1.79. The van der Waals surface area contributed by atoms with Gasteiger partial charge in [-0.1, -0.05) is 36.4 Å². The highest BCUT2D eigenvalue weighted by Gasteiger charge is 2.15. The molecule has 3 rings (SSSR count). The van der Waals surface area contributed by atoms with Gasteiger partial charge >= 0.3 is 0 Å². The SMILES string of the molecule is CN=C(NCCCOC(C)c1ccccc1)NCc1cccnc1N1CCOCC1.I. The van der Waals surface area contributed by atoms with Gasteiger partial charge in [0.15, 0.2) is 5.96 Å². The molecule has 0 radical (unpaired) electrons. The van der Waals surface area contributed by atoms with E-state index in [0.29, 0.717) is 13.2 Å². The smallest absolute Gasteiger partial charge is 0.191 e. The largest absolute Gasteiger partial charge is 0.378 e. The Kier molecular flexibility index (Phi) is 11.6. The third-order valence-electron chi connectivity index (χ3n) is 5.10. The van der Waals surface area contributed by atoms with Crippen molar-refractivity contribution < 1.29 is 9.47 Å². The molecule has 1 aromatic carbocycles. The zero-order chi connectivity index (χ0) is 21.0. The number of aromatic nitrogens is 1. The van der Waals surface area contributed by atoms with Crippen LogP contribution in [0.2, 0.25) is 0 Å². The molecule has 0 aliphatic carbocycles. The Morgan fingerprint density at radius 3 is 2.68 bits per heavy atom. The van der Waals surface area contributed by atoms with E-state index in [1.807, 2.05) is 30.5 Å². The lowest BCUT2D eigenvalue weighted by molar-refractivity contribution is 0.0646. The van der Waals surface area contributed by atoms with Crippen LogP contribution < -0.4 is 15.5 Å². The van der Waals surface area contributed by atoms with Gasteiger partial charge in [-0.3, -0.25) is 4.99 Å². The van der Waals surface area contributed by atoms with E-state index in [-0.39, 0.29) is 30.1 Å². The molecule has 1 aliphatic rings. The molecule has 170 valence electrons. The maximum atomic E-state index is 5.93. The van der Waals surface area contributed by atoms with Crippen LogP contribution in [0.5, 0.6) is 0 Å². The van der Waals surface area contributed by atoms with Crippen molar-refractivity contribution in [2.75, 3.05) is 51.4 Å². The Bertz CT molecular complexity index is 785. The summed E-state index contributed by atoms with van der Waals surface area (Å²) >= 11 is 0. The molecule has 7 nitrogen and oxygen atoms in total. The maximum absolute atomic E-state index is 5.93. The zero-order valence-corrected chi connectivity index (χ0v) is 20.7. The minimum atomic E-state index is 0. The molecule has 0 spiro atoms. The number of morpholine rings is 1. The second-order valence-electron chi connectivity index (χ2n) is 7.22. The van der Waals surface area contributed by atoms with Gasteiger partial charge in [-0.05, 0) is 25.0 Å². The number of guanidine groups is 1. The summed E-state index contributed by atoms with van der Waals surface area (Å²) in [4.78, 5) is 11.2. The van der Waals surface area contributed by atoms with Crippen molar-refractivity contribution in [1.29, 1.82) is 0 Å². The number of ether oxygens (including phenoxy) is 2. The topological polar surface area (TPSA) is 71.0 Å². The molecule has 2 aromatic rings. The van der Waals surface area contributed by atoms with Gasteiger partial charge < -0.3 is 25.0 Å². The standard InChI is InChI=1S/C23H33N5O2.HI/c1-19(20-8-4-3-5-9-20)30-15-7-12-26-23(24-2)27-18-21-10-6-11-25-22(21)28-13-16-29-17-14-28;/h3-6,8-11,19H,7,12-18H2,1-2H3,(H2,24,26,27);1H. The fraction of sp³-hybridized carbons (Fsp3) is 0.478. The molecule has 8 heteroatoms. The van der Waals surface area contributed by atoms with Gasteiger partial charge in [-0.15, -0.1) is 24.0 Å². The summed E-state index contributed by atoms with van der Waals surface area (Å²) in [6.45, 7) is 7.49. The van der Waals surface area contributed by atoms with Crippen LogP contribution >= 0.6 is 24.0 Å². The second kappa shape index (κ2) is 14.2. The molecule has 1 fully saturated rings. The Hall–Kier alpha value is -1.91. The van der Waals surface area contributed by atoms with Crippen LogP contribution in [-0.2, 0) is 16.0 Å². The Labute approximate surface area is 202 Å². The monoisotopic (exact) mass is 539 g/mol. The first kappa shape index (κ1) is 25.4.